The van der Waals surface area contributed by atoms with E-state index in [0.29, 0.717) is 24.9 Å². The number of halogens is 1. The predicted octanol–water partition coefficient (Wildman–Crippen LogP) is 4.53. The molecule has 0 radical (unpaired) electrons. The molecule has 7 nitrogen and oxygen atoms in total. The highest BCUT2D eigenvalue weighted by molar-refractivity contribution is 6.32. The zero-order valence-corrected chi connectivity index (χ0v) is 22.0. The van der Waals surface area contributed by atoms with Crippen LogP contribution in [0.15, 0.2) is 48.8 Å². The largest absolute Gasteiger partial charge is 0.389 e. The van der Waals surface area contributed by atoms with Crippen LogP contribution in [0.5, 0.6) is 0 Å². The third-order valence-electron chi connectivity index (χ3n) is 8.94. The van der Waals surface area contributed by atoms with Gasteiger partial charge in [-0.15, -0.1) is 0 Å². The second-order valence-electron chi connectivity index (χ2n) is 11.3. The Bertz CT molecular complexity index is 1330. The number of pyridine rings is 2. The van der Waals surface area contributed by atoms with Crippen molar-refractivity contribution < 1.29 is 14.6 Å². The number of nitrogens with zero attached hydrogens (tertiary/aromatic N) is 3. The van der Waals surface area contributed by atoms with Crippen molar-refractivity contribution in [2.45, 2.75) is 56.1 Å². The Balaban J connectivity index is 1.16. The molecule has 1 aromatic carbocycles. The molecule has 6 rings (SSSR count). The summed E-state index contributed by atoms with van der Waals surface area (Å²) >= 11 is 6.74. The van der Waals surface area contributed by atoms with Crippen LogP contribution in [0.2, 0.25) is 5.02 Å². The summed E-state index contributed by atoms with van der Waals surface area (Å²) in [5.74, 6) is 0.761. The predicted molar refractivity (Wildman–Crippen MR) is 144 cm³/mol. The lowest BCUT2D eigenvalue weighted by atomic mass is 9.85. The molecule has 0 bridgehead atoms. The Labute approximate surface area is 222 Å². The molecule has 4 atom stereocenters. The van der Waals surface area contributed by atoms with Crippen LogP contribution in [0.25, 0.3) is 10.8 Å². The summed E-state index contributed by atoms with van der Waals surface area (Å²) in [6.07, 6.45) is 5.82. The van der Waals surface area contributed by atoms with Crippen LogP contribution in [-0.4, -0.2) is 63.8 Å². The Morgan fingerprint density at radius 1 is 1.16 bits per heavy atom. The fraction of sp³-hybridized carbons (Fsp3) is 0.483. The maximum atomic E-state index is 13.0. The molecule has 1 amide bonds. The molecule has 37 heavy (non-hydrogen) atoms. The SMILES string of the molecule is CC1(c2ccccn2)CC1C(=O)Nc1cc2cc(C3CCN([C@@]4(C)COC[C@H]4O)CC3)c(Cl)cc2cn1. The Morgan fingerprint density at radius 3 is 2.68 bits per heavy atom. The van der Waals surface area contributed by atoms with Crippen LogP contribution in [0, 0.1) is 5.92 Å². The molecule has 3 fully saturated rings. The highest BCUT2D eigenvalue weighted by atomic mass is 35.5. The van der Waals surface area contributed by atoms with Crippen LogP contribution < -0.4 is 5.32 Å². The topological polar surface area (TPSA) is 87.6 Å². The summed E-state index contributed by atoms with van der Waals surface area (Å²) < 4.78 is 5.54. The van der Waals surface area contributed by atoms with Gasteiger partial charge in [0.15, 0.2) is 0 Å². The van der Waals surface area contributed by atoms with Crippen molar-refractivity contribution in [2.24, 2.45) is 5.92 Å². The van der Waals surface area contributed by atoms with Crippen LogP contribution in [0.1, 0.15) is 50.3 Å². The van der Waals surface area contributed by atoms with Gasteiger partial charge in [0.05, 0.1) is 30.8 Å². The standard InChI is InChI=1S/C29H33ClN4O3/c1-28(24-5-3-4-8-31-24)14-22(28)27(36)33-26-13-19-11-21(23(30)12-20(19)15-32-26)18-6-9-34(10-7-18)29(2)17-37-16-25(29)35/h3-5,8,11-13,15,18,22,25,35H,6-7,9-10,14,16-17H2,1-2H3,(H,32,33,36)/t22?,25-,28?,29+/m1/s1. The fourth-order valence-corrected chi connectivity index (χ4v) is 6.49. The van der Waals surface area contributed by atoms with E-state index < -0.39 is 6.10 Å². The molecule has 194 valence electrons. The van der Waals surface area contributed by atoms with Gasteiger partial charge in [-0.05, 0) is 86.5 Å². The van der Waals surface area contributed by atoms with Gasteiger partial charge in [0.25, 0.3) is 0 Å². The smallest absolute Gasteiger partial charge is 0.229 e. The van der Waals surface area contributed by atoms with Crippen molar-refractivity contribution in [3.8, 4) is 0 Å². The molecule has 2 aromatic heterocycles. The molecule has 1 saturated carbocycles. The van der Waals surface area contributed by atoms with E-state index in [9.17, 15) is 9.90 Å². The van der Waals surface area contributed by atoms with E-state index in [-0.39, 0.29) is 22.8 Å². The Kier molecular flexibility index (Phi) is 6.23. The number of benzene rings is 1. The molecule has 3 aliphatic rings. The van der Waals surface area contributed by atoms with Gasteiger partial charge in [0, 0.05) is 33.9 Å². The average molecular weight is 521 g/mol. The minimum absolute atomic E-state index is 0.0202. The quantitative estimate of drug-likeness (QED) is 0.514. The lowest BCUT2D eigenvalue weighted by Gasteiger charge is -2.43. The zero-order chi connectivity index (χ0) is 25.8. The number of aromatic nitrogens is 2. The molecule has 2 N–H and O–H groups in total. The van der Waals surface area contributed by atoms with Crippen molar-refractivity contribution in [3.05, 3.63) is 65.1 Å². The third kappa shape index (κ3) is 4.42. The van der Waals surface area contributed by atoms with Crippen molar-refractivity contribution in [2.75, 3.05) is 31.6 Å². The number of aliphatic hydroxyl groups is 1. The lowest BCUT2D eigenvalue weighted by molar-refractivity contribution is -0.117. The first-order valence-corrected chi connectivity index (χ1v) is 13.5. The number of hydrogen-bond acceptors (Lipinski definition) is 6. The second kappa shape index (κ2) is 9.31. The lowest BCUT2D eigenvalue weighted by Crippen LogP contribution is -2.56. The molecule has 0 spiro atoms. The monoisotopic (exact) mass is 520 g/mol. The van der Waals surface area contributed by atoms with Gasteiger partial charge in [-0.25, -0.2) is 4.98 Å². The summed E-state index contributed by atoms with van der Waals surface area (Å²) in [5, 5.41) is 16.2. The third-order valence-corrected chi connectivity index (χ3v) is 9.26. The summed E-state index contributed by atoms with van der Waals surface area (Å²) in [4.78, 5) is 24.3. The van der Waals surface area contributed by atoms with Crippen LogP contribution in [-0.2, 0) is 14.9 Å². The molecule has 2 aliphatic heterocycles. The van der Waals surface area contributed by atoms with Crippen LogP contribution >= 0.6 is 11.6 Å². The highest BCUT2D eigenvalue weighted by Gasteiger charge is 2.56. The number of amides is 1. The molecular formula is C29H33ClN4O3. The molecular weight excluding hydrogens is 488 g/mol. The number of carbonyl (C=O) groups excluding carboxylic acids is 1. The average Bonchev–Trinajstić information content (AvgIpc) is 3.50. The number of anilines is 1. The van der Waals surface area contributed by atoms with Gasteiger partial charge in [0.1, 0.15) is 5.82 Å². The normalized spacial score (nSPS) is 30.5. The number of carbonyl (C=O) groups is 1. The molecule has 2 unspecified atom stereocenters. The summed E-state index contributed by atoms with van der Waals surface area (Å²) in [7, 11) is 0. The number of nitrogens with one attached hydrogen (secondary N) is 1. The number of fused-ring (bicyclic) bond motifs is 1. The Morgan fingerprint density at radius 2 is 1.97 bits per heavy atom. The van der Waals surface area contributed by atoms with E-state index in [2.05, 4.69) is 40.1 Å². The minimum atomic E-state index is -0.452. The fourth-order valence-electron chi connectivity index (χ4n) is 6.17. The first-order valence-electron chi connectivity index (χ1n) is 13.1. The molecule has 3 aromatic rings. The van der Waals surface area contributed by atoms with Crippen LogP contribution in [0.4, 0.5) is 5.82 Å². The number of ether oxygens (including phenoxy) is 1. The van der Waals surface area contributed by atoms with Crippen molar-refractivity contribution >= 4 is 34.1 Å². The first kappa shape index (κ1) is 24.7. The van der Waals surface area contributed by atoms with Gasteiger partial charge in [-0.2, -0.15) is 0 Å². The van der Waals surface area contributed by atoms with Crippen molar-refractivity contribution in [3.63, 3.8) is 0 Å². The van der Waals surface area contributed by atoms with Gasteiger partial charge in [-0.3, -0.25) is 14.7 Å². The van der Waals surface area contributed by atoms with E-state index in [1.807, 2.05) is 30.3 Å². The van der Waals surface area contributed by atoms with E-state index in [0.717, 1.165) is 59.4 Å². The zero-order valence-electron chi connectivity index (χ0n) is 21.3. The maximum Gasteiger partial charge on any atom is 0.229 e. The van der Waals surface area contributed by atoms with Crippen LogP contribution in [0.3, 0.4) is 0 Å². The van der Waals surface area contributed by atoms with Crippen molar-refractivity contribution in [1.82, 2.24) is 14.9 Å². The number of piperidine rings is 1. The molecule has 1 aliphatic carbocycles. The Hall–Kier alpha value is -2.58. The van der Waals surface area contributed by atoms with Gasteiger partial charge in [-0.1, -0.05) is 24.6 Å². The number of aliphatic hydroxyl groups excluding tert-OH is 1. The minimum Gasteiger partial charge on any atom is -0.389 e. The summed E-state index contributed by atoms with van der Waals surface area (Å²) in [6, 6.07) is 11.9. The maximum absolute atomic E-state index is 13.0. The van der Waals surface area contributed by atoms with Gasteiger partial charge < -0.3 is 15.2 Å². The van der Waals surface area contributed by atoms with E-state index in [4.69, 9.17) is 16.3 Å². The number of rotatable bonds is 5. The summed E-state index contributed by atoms with van der Waals surface area (Å²) in [6.45, 7) is 6.95. The van der Waals surface area contributed by atoms with E-state index in [1.54, 1.807) is 12.4 Å². The number of likely N-dealkylation sites (tertiary alicyclic amines) is 1. The highest BCUT2D eigenvalue weighted by Crippen LogP contribution is 2.53. The summed E-state index contributed by atoms with van der Waals surface area (Å²) in [5.41, 5.74) is 1.55. The first-order chi connectivity index (χ1) is 17.8. The van der Waals surface area contributed by atoms with Gasteiger partial charge >= 0.3 is 0 Å². The van der Waals surface area contributed by atoms with E-state index >= 15 is 0 Å². The number of hydrogen-bond donors (Lipinski definition) is 2. The molecule has 8 heteroatoms. The van der Waals surface area contributed by atoms with Crippen molar-refractivity contribution in [1.29, 1.82) is 0 Å². The molecule has 2 saturated heterocycles. The van der Waals surface area contributed by atoms with Gasteiger partial charge in [0.2, 0.25) is 5.91 Å². The molecule has 4 heterocycles. The van der Waals surface area contributed by atoms with E-state index in [1.165, 1.54) is 0 Å². The second-order valence-corrected chi connectivity index (χ2v) is 11.7.